The quantitative estimate of drug-likeness (QED) is 0.700. The van der Waals surface area contributed by atoms with E-state index in [2.05, 4.69) is 10.1 Å². The van der Waals surface area contributed by atoms with E-state index in [9.17, 15) is 4.79 Å². The molecule has 1 N–H and O–H groups in total. The molecule has 13 heavy (non-hydrogen) atoms. The molecular weight excluding hydrogens is 166 g/mol. The van der Waals surface area contributed by atoms with Crippen molar-refractivity contribution in [2.24, 2.45) is 0 Å². The van der Waals surface area contributed by atoms with E-state index in [4.69, 9.17) is 0 Å². The molecule has 1 aliphatic rings. The highest BCUT2D eigenvalue weighted by Gasteiger charge is 2.26. The number of H-pyrrole nitrogens is 1. The first-order chi connectivity index (χ1) is 6.34. The molecule has 4 heteroatoms. The highest BCUT2D eigenvalue weighted by molar-refractivity contribution is 5.46. The van der Waals surface area contributed by atoms with Crippen LogP contribution in [0.4, 0.5) is 0 Å². The van der Waals surface area contributed by atoms with Crippen LogP contribution in [0, 0.1) is 0 Å². The molecule has 1 saturated carbocycles. The van der Waals surface area contributed by atoms with Crippen LogP contribution >= 0.6 is 0 Å². The fraction of sp³-hybridized carbons (Fsp3) is 0.333. The van der Waals surface area contributed by atoms with Crippen LogP contribution in [0.5, 0.6) is 0 Å². The smallest absolute Gasteiger partial charge is 0.273 e. The standard InChI is InChI=1S/C9H9N3O/c13-9-8-5-7(6-1-2-6)11-12(8)4-3-10-9/h3-6H,1-2H2,(H,10,13). The number of nitrogens with zero attached hydrogens (tertiary/aromatic N) is 2. The topological polar surface area (TPSA) is 50.2 Å². The Balaban J connectivity index is 2.32. The van der Waals surface area contributed by atoms with Gasteiger partial charge in [-0.25, -0.2) is 4.52 Å². The van der Waals surface area contributed by atoms with Crippen LogP contribution in [0.1, 0.15) is 24.5 Å². The highest BCUT2D eigenvalue weighted by atomic mass is 16.1. The molecule has 2 aromatic heterocycles. The number of hydrogen-bond acceptors (Lipinski definition) is 2. The monoisotopic (exact) mass is 175 g/mol. The predicted molar refractivity (Wildman–Crippen MR) is 47.8 cm³/mol. The van der Waals surface area contributed by atoms with Gasteiger partial charge in [0.25, 0.3) is 5.56 Å². The summed E-state index contributed by atoms with van der Waals surface area (Å²) in [5.74, 6) is 0.597. The maximum Gasteiger partial charge on any atom is 0.273 e. The van der Waals surface area contributed by atoms with Crippen LogP contribution in [-0.2, 0) is 0 Å². The van der Waals surface area contributed by atoms with Gasteiger partial charge in [-0.15, -0.1) is 0 Å². The summed E-state index contributed by atoms with van der Waals surface area (Å²) in [6, 6.07) is 1.89. The van der Waals surface area contributed by atoms with Gasteiger partial charge < -0.3 is 4.98 Å². The van der Waals surface area contributed by atoms with E-state index in [1.807, 2.05) is 6.07 Å². The van der Waals surface area contributed by atoms with Gasteiger partial charge in [-0.3, -0.25) is 4.79 Å². The lowest BCUT2D eigenvalue weighted by Crippen LogP contribution is -2.07. The summed E-state index contributed by atoms with van der Waals surface area (Å²) in [4.78, 5) is 13.9. The van der Waals surface area contributed by atoms with E-state index in [-0.39, 0.29) is 5.56 Å². The molecule has 0 atom stereocenters. The minimum Gasteiger partial charge on any atom is -0.326 e. The van der Waals surface area contributed by atoms with Crippen LogP contribution in [0.15, 0.2) is 23.3 Å². The average Bonchev–Trinajstić information content (AvgIpc) is 2.87. The summed E-state index contributed by atoms with van der Waals surface area (Å²) < 4.78 is 1.65. The van der Waals surface area contributed by atoms with Crippen molar-refractivity contribution in [3.63, 3.8) is 0 Å². The van der Waals surface area contributed by atoms with E-state index < -0.39 is 0 Å². The SMILES string of the molecule is O=c1[nH]ccn2nc(C3CC3)cc12. The van der Waals surface area contributed by atoms with Crippen molar-refractivity contribution in [2.45, 2.75) is 18.8 Å². The number of aromatic amines is 1. The van der Waals surface area contributed by atoms with Crippen LogP contribution in [0.3, 0.4) is 0 Å². The minimum atomic E-state index is -0.0677. The lowest BCUT2D eigenvalue weighted by Gasteiger charge is -1.87. The number of nitrogens with one attached hydrogen (secondary N) is 1. The van der Waals surface area contributed by atoms with E-state index in [1.54, 1.807) is 16.9 Å². The van der Waals surface area contributed by atoms with Gasteiger partial charge in [0.1, 0.15) is 5.52 Å². The van der Waals surface area contributed by atoms with Gasteiger partial charge in [0.05, 0.1) is 5.69 Å². The first-order valence-corrected chi connectivity index (χ1v) is 4.41. The molecule has 66 valence electrons. The van der Waals surface area contributed by atoms with Gasteiger partial charge in [0, 0.05) is 18.3 Å². The maximum absolute atomic E-state index is 11.3. The second-order valence-electron chi connectivity index (χ2n) is 3.46. The molecule has 0 aromatic carbocycles. The number of hydrogen-bond donors (Lipinski definition) is 1. The average molecular weight is 175 g/mol. The van der Waals surface area contributed by atoms with Gasteiger partial charge >= 0.3 is 0 Å². The summed E-state index contributed by atoms with van der Waals surface area (Å²) in [6.45, 7) is 0. The third kappa shape index (κ3) is 0.983. The Labute approximate surface area is 74.2 Å². The fourth-order valence-corrected chi connectivity index (χ4v) is 1.53. The fourth-order valence-electron chi connectivity index (χ4n) is 1.53. The summed E-state index contributed by atoms with van der Waals surface area (Å²) in [5.41, 5.74) is 1.63. The highest BCUT2D eigenvalue weighted by Crippen LogP contribution is 2.39. The van der Waals surface area contributed by atoms with Crippen LogP contribution < -0.4 is 5.56 Å². The van der Waals surface area contributed by atoms with Gasteiger partial charge in [0.2, 0.25) is 0 Å². The Morgan fingerprint density at radius 1 is 1.54 bits per heavy atom. The molecule has 0 unspecified atom stereocenters. The van der Waals surface area contributed by atoms with Gasteiger partial charge in [-0.2, -0.15) is 5.10 Å². The van der Waals surface area contributed by atoms with Crippen molar-refractivity contribution < 1.29 is 0 Å². The van der Waals surface area contributed by atoms with Crippen molar-refractivity contribution in [3.05, 3.63) is 34.5 Å². The van der Waals surface area contributed by atoms with Gasteiger partial charge in [-0.05, 0) is 18.9 Å². The third-order valence-electron chi connectivity index (χ3n) is 2.41. The number of aromatic nitrogens is 3. The van der Waals surface area contributed by atoms with Crippen LogP contribution in [0.25, 0.3) is 5.52 Å². The van der Waals surface area contributed by atoms with Crippen LogP contribution in [-0.4, -0.2) is 14.6 Å². The number of fused-ring (bicyclic) bond motifs is 1. The lowest BCUT2D eigenvalue weighted by atomic mass is 10.3. The van der Waals surface area contributed by atoms with E-state index in [0.29, 0.717) is 11.4 Å². The molecule has 0 amide bonds. The van der Waals surface area contributed by atoms with Crippen molar-refractivity contribution in [2.75, 3.05) is 0 Å². The second-order valence-corrected chi connectivity index (χ2v) is 3.46. The molecule has 0 radical (unpaired) electrons. The second kappa shape index (κ2) is 2.22. The summed E-state index contributed by atoms with van der Waals surface area (Å²) in [7, 11) is 0. The third-order valence-corrected chi connectivity index (χ3v) is 2.41. The maximum atomic E-state index is 11.3. The molecule has 0 saturated heterocycles. The van der Waals surface area contributed by atoms with Crippen LogP contribution in [0.2, 0.25) is 0 Å². The van der Waals surface area contributed by atoms with Crippen molar-refractivity contribution in [1.29, 1.82) is 0 Å². The molecule has 0 aliphatic heterocycles. The van der Waals surface area contributed by atoms with E-state index >= 15 is 0 Å². The molecule has 0 spiro atoms. The summed E-state index contributed by atoms with van der Waals surface area (Å²) >= 11 is 0. The largest absolute Gasteiger partial charge is 0.326 e. The van der Waals surface area contributed by atoms with Crippen molar-refractivity contribution in [1.82, 2.24) is 14.6 Å². The molecule has 1 fully saturated rings. The van der Waals surface area contributed by atoms with Crippen molar-refractivity contribution >= 4 is 5.52 Å². The van der Waals surface area contributed by atoms with Crippen molar-refractivity contribution in [3.8, 4) is 0 Å². The van der Waals surface area contributed by atoms with Gasteiger partial charge in [-0.1, -0.05) is 0 Å². The predicted octanol–water partition coefficient (Wildman–Crippen LogP) is 0.900. The molecule has 4 nitrogen and oxygen atoms in total. The Bertz CT molecular complexity index is 507. The Hall–Kier alpha value is -1.58. The molecule has 2 heterocycles. The zero-order valence-corrected chi connectivity index (χ0v) is 7.03. The zero-order valence-electron chi connectivity index (χ0n) is 7.03. The molecule has 1 aliphatic carbocycles. The Morgan fingerprint density at radius 3 is 3.08 bits per heavy atom. The minimum absolute atomic E-state index is 0.0677. The number of rotatable bonds is 1. The lowest BCUT2D eigenvalue weighted by molar-refractivity contribution is 0.880. The summed E-state index contributed by atoms with van der Waals surface area (Å²) in [5, 5.41) is 4.33. The molecule has 3 rings (SSSR count). The van der Waals surface area contributed by atoms with Gasteiger partial charge in [0.15, 0.2) is 0 Å². The zero-order chi connectivity index (χ0) is 8.84. The molecule has 0 bridgehead atoms. The normalized spacial score (nSPS) is 16.6. The Kier molecular flexibility index (Phi) is 1.17. The first-order valence-electron chi connectivity index (χ1n) is 4.41. The Morgan fingerprint density at radius 2 is 2.38 bits per heavy atom. The van der Waals surface area contributed by atoms with E-state index in [0.717, 1.165) is 5.69 Å². The van der Waals surface area contributed by atoms with E-state index in [1.165, 1.54) is 12.8 Å². The first kappa shape index (κ1) is 6.88. The summed E-state index contributed by atoms with van der Waals surface area (Å²) in [6.07, 6.45) is 5.80. The molecule has 2 aromatic rings. The molecular formula is C9H9N3O.